The molecule has 0 aromatic heterocycles. The van der Waals surface area contributed by atoms with E-state index in [0.29, 0.717) is 12.8 Å². The van der Waals surface area contributed by atoms with E-state index in [4.69, 9.17) is 4.52 Å². The molecule has 5 nitrogen and oxygen atoms in total. The van der Waals surface area contributed by atoms with Crippen molar-refractivity contribution < 1.29 is 40.5 Å². The second-order valence-electron chi connectivity index (χ2n) is 7.60. The van der Waals surface area contributed by atoms with Crippen molar-refractivity contribution in [2.24, 2.45) is 5.41 Å². The van der Waals surface area contributed by atoms with Gasteiger partial charge in [0.05, 0.1) is 13.9 Å². The number of phenolic OH excluding ortho intramolecular Hbond substituents is 1. The minimum atomic E-state index is -5.08. The summed E-state index contributed by atoms with van der Waals surface area (Å²) in [5.74, 6) is 0.203. The fraction of sp³-hybridized carbons (Fsp3) is 0.714. The molecule has 0 amide bonds. The van der Waals surface area contributed by atoms with Crippen LogP contribution in [0.5, 0.6) is 5.75 Å². The van der Waals surface area contributed by atoms with Crippen LogP contribution in [0.25, 0.3) is 0 Å². The van der Waals surface area contributed by atoms with Crippen LogP contribution in [0.2, 0.25) is 0 Å². The van der Waals surface area contributed by atoms with Crippen molar-refractivity contribution in [1.29, 1.82) is 0 Å². The summed E-state index contributed by atoms with van der Waals surface area (Å²) in [4.78, 5) is 23.0. The molecule has 0 saturated heterocycles. The molecule has 0 aliphatic carbocycles. The maximum atomic E-state index is 11.5. The second-order valence-corrected chi connectivity index (χ2v) is 8.70. The van der Waals surface area contributed by atoms with E-state index in [9.17, 15) is 19.5 Å². The molecule has 1 rings (SSSR count). The predicted molar refractivity (Wildman–Crippen MR) is 105 cm³/mol. The zero-order valence-corrected chi connectivity index (χ0v) is 19.2. The molecule has 7 heteroatoms. The van der Waals surface area contributed by atoms with Gasteiger partial charge < -0.3 is 24.0 Å². The van der Waals surface area contributed by atoms with Crippen molar-refractivity contribution in [2.45, 2.75) is 91.1 Å². The Labute approximate surface area is 180 Å². The summed E-state index contributed by atoms with van der Waals surface area (Å²) in [6, 6.07) is 7.03. The van der Waals surface area contributed by atoms with Crippen molar-refractivity contribution in [3.05, 3.63) is 29.8 Å². The molecule has 0 fully saturated rings. The van der Waals surface area contributed by atoms with Crippen LogP contribution >= 0.6 is 7.82 Å². The third-order valence-corrected chi connectivity index (χ3v) is 5.82. The minimum absolute atomic E-state index is 0. The number of unbranched alkanes of at least 4 members (excludes halogenated alkanes) is 3. The van der Waals surface area contributed by atoms with E-state index in [1.165, 1.54) is 0 Å². The van der Waals surface area contributed by atoms with E-state index < -0.39 is 19.3 Å². The molecule has 0 saturated carbocycles. The number of aromatic hydroxyl groups is 1. The molecule has 1 aromatic carbocycles. The largest absolute Gasteiger partial charge is 2.00 e. The molecule has 1 N–H and O–H groups in total. The number of hydrogen-bond donors (Lipinski definition) is 1. The molecular weight excluding hydrogens is 422 g/mol. The first-order valence-corrected chi connectivity index (χ1v) is 11.7. The maximum absolute atomic E-state index is 11.5. The van der Waals surface area contributed by atoms with Crippen LogP contribution < -0.4 is 9.79 Å². The number of benzene rings is 1. The summed E-state index contributed by atoms with van der Waals surface area (Å²) in [7, 11) is -5.08. The average Bonchev–Trinajstić information content (AvgIpc) is 2.62. The number of hydrogen-bond acceptors (Lipinski definition) is 5. The van der Waals surface area contributed by atoms with E-state index in [0.717, 1.165) is 56.9 Å². The topological polar surface area (TPSA) is 92.7 Å². The fourth-order valence-electron chi connectivity index (χ4n) is 3.83. The molecule has 1 unspecified atom stereocenters. The molecular formula is C21H35NiO5P. The molecule has 0 aliphatic heterocycles. The van der Waals surface area contributed by atoms with Gasteiger partial charge in [0.15, 0.2) is 0 Å². The SMILES string of the molecule is CCCCC(OP(=O)([O-])[O-])C(CCCC)(CCCC)Cc1ccc(O)cc1.[Ni+2]. The van der Waals surface area contributed by atoms with Crippen molar-refractivity contribution in [2.75, 3.05) is 0 Å². The average molecular weight is 457 g/mol. The monoisotopic (exact) mass is 456 g/mol. The first-order valence-electron chi connectivity index (χ1n) is 10.2. The molecule has 0 aliphatic rings. The number of phenols is 1. The van der Waals surface area contributed by atoms with Crippen LogP contribution in [-0.2, 0) is 32.0 Å². The van der Waals surface area contributed by atoms with E-state index in [-0.39, 0.29) is 22.2 Å². The molecule has 0 bridgehead atoms. The maximum Gasteiger partial charge on any atom is 2.00 e. The summed E-state index contributed by atoms with van der Waals surface area (Å²) in [5, 5.41) is 9.57. The molecule has 1 aromatic rings. The smallest absolute Gasteiger partial charge is 0.790 e. The van der Waals surface area contributed by atoms with Crippen LogP contribution in [0.3, 0.4) is 0 Å². The molecule has 0 spiro atoms. The molecule has 28 heavy (non-hydrogen) atoms. The van der Waals surface area contributed by atoms with Gasteiger partial charge in [-0.05, 0) is 43.4 Å². The number of phosphoric acid groups is 1. The summed E-state index contributed by atoms with van der Waals surface area (Å²) in [6.45, 7) is 6.27. The first kappa shape index (κ1) is 27.6. The van der Waals surface area contributed by atoms with Gasteiger partial charge in [-0.1, -0.05) is 71.4 Å². The van der Waals surface area contributed by atoms with E-state index in [1.807, 2.05) is 19.1 Å². The fourth-order valence-corrected chi connectivity index (χ4v) is 4.47. The Morgan fingerprint density at radius 3 is 1.93 bits per heavy atom. The minimum Gasteiger partial charge on any atom is -0.790 e. The first-order chi connectivity index (χ1) is 12.8. The Hall–Kier alpha value is -0.376. The molecule has 0 heterocycles. The van der Waals surface area contributed by atoms with Crippen LogP contribution in [0, 0.1) is 5.41 Å². The summed E-state index contributed by atoms with van der Waals surface area (Å²) in [6.07, 6.45) is 7.87. The van der Waals surface area contributed by atoms with Gasteiger partial charge >= 0.3 is 16.5 Å². The van der Waals surface area contributed by atoms with Crippen molar-refractivity contribution in [3.63, 3.8) is 0 Å². The van der Waals surface area contributed by atoms with Gasteiger partial charge in [-0.15, -0.1) is 0 Å². The Morgan fingerprint density at radius 1 is 1.00 bits per heavy atom. The van der Waals surface area contributed by atoms with Gasteiger partial charge in [0.2, 0.25) is 0 Å². The van der Waals surface area contributed by atoms with Gasteiger partial charge in [-0.2, -0.15) is 0 Å². The Bertz CT molecular complexity index is 565. The zero-order valence-electron chi connectivity index (χ0n) is 17.3. The van der Waals surface area contributed by atoms with E-state index in [1.54, 1.807) is 12.1 Å². The van der Waals surface area contributed by atoms with Crippen LogP contribution in [0.1, 0.15) is 84.1 Å². The van der Waals surface area contributed by atoms with Crippen molar-refractivity contribution in [3.8, 4) is 5.75 Å². The Kier molecular flexibility index (Phi) is 13.6. The number of rotatable bonds is 14. The normalized spacial score (nSPS) is 13.2. The Balaban J connectivity index is 0.00000729. The Morgan fingerprint density at radius 2 is 1.50 bits per heavy atom. The van der Waals surface area contributed by atoms with E-state index >= 15 is 0 Å². The van der Waals surface area contributed by atoms with Crippen LogP contribution in [0.15, 0.2) is 24.3 Å². The number of phosphoric ester groups is 1. The zero-order chi connectivity index (χ0) is 20.3. The van der Waals surface area contributed by atoms with Crippen LogP contribution in [-0.4, -0.2) is 11.2 Å². The summed E-state index contributed by atoms with van der Waals surface area (Å²) >= 11 is 0. The predicted octanol–water partition coefficient (Wildman–Crippen LogP) is 4.70. The molecule has 1 atom stereocenters. The molecule has 164 valence electrons. The summed E-state index contributed by atoms with van der Waals surface area (Å²) in [5.41, 5.74) is 0.625. The van der Waals surface area contributed by atoms with Crippen LogP contribution in [0.4, 0.5) is 0 Å². The van der Waals surface area contributed by atoms with Crippen molar-refractivity contribution >= 4 is 7.82 Å². The second kappa shape index (κ2) is 13.8. The van der Waals surface area contributed by atoms with E-state index in [2.05, 4.69) is 13.8 Å². The standard InChI is InChI=1S/C21H37O5P.Ni/c1-4-7-10-20(26-27(23,24)25)21(15-8-5-2,16-9-6-3)17-18-11-13-19(22)14-12-18;/h11-14,20,22H,4-10,15-17H2,1-3H3,(H2,23,24,25);/q;+2/p-2. The van der Waals surface area contributed by atoms with Gasteiger partial charge in [-0.3, -0.25) is 0 Å². The summed E-state index contributed by atoms with van der Waals surface area (Å²) < 4.78 is 16.7. The molecule has 0 radical (unpaired) electrons. The third-order valence-electron chi connectivity index (χ3n) is 5.31. The van der Waals surface area contributed by atoms with Gasteiger partial charge in [-0.25, -0.2) is 0 Å². The van der Waals surface area contributed by atoms with Crippen molar-refractivity contribution in [1.82, 2.24) is 0 Å². The third kappa shape index (κ3) is 9.90. The van der Waals surface area contributed by atoms with Gasteiger partial charge in [0, 0.05) is 5.41 Å². The quantitative estimate of drug-likeness (QED) is 0.323. The van der Waals surface area contributed by atoms with Gasteiger partial charge in [0.25, 0.3) is 0 Å². The van der Waals surface area contributed by atoms with Gasteiger partial charge in [0.1, 0.15) is 5.75 Å².